The second-order valence-corrected chi connectivity index (χ2v) is 10.5. The number of thiophene rings is 1. The van der Waals surface area contributed by atoms with E-state index in [1.807, 2.05) is 64.5 Å². The van der Waals surface area contributed by atoms with Crippen molar-refractivity contribution in [3.63, 3.8) is 0 Å². The Morgan fingerprint density at radius 1 is 0.950 bits per heavy atom. The minimum absolute atomic E-state index is 0.141. The van der Waals surface area contributed by atoms with Crippen LogP contribution in [0, 0.1) is 0 Å². The van der Waals surface area contributed by atoms with Crippen molar-refractivity contribution in [1.29, 1.82) is 0 Å². The number of amides is 2. The first-order chi connectivity index (χ1) is 19.3. The third-order valence-corrected chi connectivity index (χ3v) is 7.53. The monoisotopic (exact) mass is 560 g/mol. The lowest BCUT2D eigenvalue weighted by molar-refractivity contribution is -0.178. The third-order valence-electron chi connectivity index (χ3n) is 6.54. The van der Waals surface area contributed by atoms with Gasteiger partial charge in [-0.05, 0) is 40.3 Å². The fraction of sp³-hybridized carbons (Fsp3) is 0.276. The molecule has 10 nitrogen and oxygen atoms in total. The maximum Gasteiger partial charge on any atom is 0.303 e. The topological polar surface area (TPSA) is 120 Å². The largest absolute Gasteiger partial charge is 0.448 e. The minimum Gasteiger partial charge on any atom is -0.448 e. The number of nitrogens with one attached hydrogen (secondary N) is 1. The minimum atomic E-state index is -1.64. The van der Waals surface area contributed by atoms with Gasteiger partial charge in [0.2, 0.25) is 12.2 Å². The van der Waals surface area contributed by atoms with Gasteiger partial charge in [-0.25, -0.2) is 4.98 Å². The number of carbonyl (C=O) groups is 4. The number of carbonyl (C=O) groups excluding carboxylic acids is 4. The lowest BCUT2D eigenvalue weighted by Crippen LogP contribution is -2.53. The van der Waals surface area contributed by atoms with E-state index in [9.17, 15) is 19.2 Å². The first kappa shape index (κ1) is 27.1. The summed E-state index contributed by atoms with van der Waals surface area (Å²) in [4.78, 5) is 57.3. The molecular formula is C29H28N4O6S. The number of hydrogen-bond acceptors (Lipinski definition) is 8. The fourth-order valence-corrected chi connectivity index (χ4v) is 5.55. The van der Waals surface area contributed by atoms with Crippen LogP contribution in [-0.4, -0.2) is 50.4 Å². The molecule has 0 aliphatic carbocycles. The molecule has 0 fully saturated rings. The molecule has 1 N–H and O–H groups in total. The van der Waals surface area contributed by atoms with Crippen LogP contribution in [0.2, 0.25) is 0 Å². The van der Waals surface area contributed by atoms with Crippen LogP contribution in [0.5, 0.6) is 0 Å². The molecule has 40 heavy (non-hydrogen) atoms. The van der Waals surface area contributed by atoms with Crippen LogP contribution in [0.4, 0.5) is 0 Å². The van der Waals surface area contributed by atoms with E-state index in [4.69, 9.17) is 9.47 Å². The molecule has 2 amide bonds. The molecule has 0 saturated carbocycles. The Kier molecular flexibility index (Phi) is 7.92. The molecule has 0 spiro atoms. The molecule has 11 heteroatoms. The summed E-state index contributed by atoms with van der Waals surface area (Å²) in [6.07, 6.45) is -1.48. The summed E-state index contributed by atoms with van der Waals surface area (Å²) >= 11 is 1.47. The van der Waals surface area contributed by atoms with Crippen molar-refractivity contribution in [2.45, 2.75) is 52.2 Å². The normalized spacial score (nSPS) is 13.9. The number of benzene rings is 2. The number of nitrogens with zero attached hydrogens (tertiary/aromatic N) is 3. The summed E-state index contributed by atoms with van der Waals surface area (Å²) in [5, 5.41) is 4.73. The number of rotatable bonds is 9. The van der Waals surface area contributed by atoms with Crippen molar-refractivity contribution in [3.8, 4) is 0 Å². The van der Waals surface area contributed by atoms with Gasteiger partial charge in [-0.3, -0.25) is 19.2 Å². The van der Waals surface area contributed by atoms with Gasteiger partial charge in [-0.2, -0.15) is 0 Å². The van der Waals surface area contributed by atoms with Crippen LogP contribution in [0.15, 0.2) is 66.3 Å². The SMILES string of the molecule is CC(=O)O[C@@H](C(=O)NCc1cc(Cn2cnc3ccccc32)cs1)[C@@H](OC(C)=O)C(=O)N1Cc2ccccc2C1. The molecule has 5 rings (SSSR count). The molecule has 3 heterocycles. The Balaban J connectivity index is 1.27. The molecule has 206 valence electrons. The average Bonchev–Trinajstić information content (AvgIpc) is 3.67. The first-order valence-corrected chi connectivity index (χ1v) is 13.6. The Morgan fingerprint density at radius 2 is 1.60 bits per heavy atom. The van der Waals surface area contributed by atoms with Crippen LogP contribution in [0.25, 0.3) is 11.0 Å². The molecule has 1 aliphatic rings. The molecular weight excluding hydrogens is 532 g/mol. The highest BCUT2D eigenvalue weighted by molar-refractivity contribution is 7.10. The quantitative estimate of drug-likeness (QED) is 0.312. The molecule has 2 aromatic carbocycles. The van der Waals surface area contributed by atoms with E-state index in [0.29, 0.717) is 19.6 Å². The number of imidazole rings is 1. The highest BCUT2D eigenvalue weighted by atomic mass is 32.1. The second-order valence-electron chi connectivity index (χ2n) is 9.52. The van der Waals surface area contributed by atoms with Gasteiger partial charge in [0.15, 0.2) is 0 Å². The first-order valence-electron chi connectivity index (χ1n) is 12.7. The summed E-state index contributed by atoms with van der Waals surface area (Å²) in [6, 6.07) is 17.4. The van der Waals surface area contributed by atoms with E-state index >= 15 is 0 Å². The van der Waals surface area contributed by atoms with E-state index in [2.05, 4.69) is 10.3 Å². The maximum atomic E-state index is 13.5. The van der Waals surface area contributed by atoms with Crippen LogP contribution < -0.4 is 5.32 Å². The Bertz CT molecular complexity index is 1550. The van der Waals surface area contributed by atoms with Gasteiger partial charge < -0.3 is 24.3 Å². The van der Waals surface area contributed by atoms with Gasteiger partial charge in [-0.15, -0.1) is 11.3 Å². The van der Waals surface area contributed by atoms with Gasteiger partial charge in [0, 0.05) is 38.4 Å². The lowest BCUT2D eigenvalue weighted by atomic mass is 10.1. The lowest BCUT2D eigenvalue weighted by Gasteiger charge is -2.28. The van der Waals surface area contributed by atoms with Crippen molar-refractivity contribution in [1.82, 2.24) is 19.8 Å². The molecule has 0 unspecified atom stereocenters. The Labute approximate surface area is 234 Å². The van der Waals surface area contributed by atoms with Gasteiger partial charge in [0.05, 0.1) is 23.9 Å². The van der Waals surface area contributed by atoms with Gasteiger partial charge in [-0.1, -0.05) is 36.4 Å². The number of aromatic nitrogens is 2. The van der Waals surface area contributed by atoms with Crippen LogP contribution >= 0.6 is 11.3 Å². The zero-order valence-corrected chi connectivity index (χ0v) is 22.8. The van der Waals surface area contributed by atoms with Gasteiger partial charge in [0.1, 0.15) is 0 Å². The molecule has 0 saturated heterocycles. The molecule has 4 aromatic rings. The average molecular weight is 561 g/mol. The zero-order valence-electron chi connectivity index (χ0n) is 22.0. The number of esters is 2. The van der Waals surface area contributed by atoms with E-state index in [1.165, 1.54) is 16.2 Å². The number of ether oxygens (including phenoxy) is 2. The van der Waals surface area contributed by atoms with Crippen molar-refractivity contribution >= 4 is 46.1 Å². The number of fused-ring (bicyclic) bond motifs is 2. The smallest absolute Gasteiger partial charge is 0.303 e. The standard InChI is InChI=1S/C29H28N4O6S/c1-18(34)38-26(27(39-19(2)35)29(37)32-14-21-7-3-4-8-22(21)15-32)28(36)30-12-23-11-20(16-40-23)13-33-17-31-24-9-5-6-10-25(24)33/h3-11,16-17,26-27H,12-15H2,1-2H3,(H,30,36)/t26-,27-/m1/s1. The van der Waals surface area contributed by atoms with Gasteiger partial charge in [0.25, 0.3) is 11.8 Å². The maximum absolute atomic E-state index is 13.5. The van der Waals surface area contributed by atoms with E-state index in [-0.39, 0.29) is 6.54 Å². The fourth-order valence-electron chi connectivity index (χ4n) is 4.73. The zero-order chi connectivity index (χ0) is 28.2. The van der Waals surface area contributed by atoms with E-state index < -0.39 is 36.0 Å². The summed E-state index contributed by atoms with van der Waals surface area (Å²) in [7, 11) is 0. The Morgan fingerprint density at radius 3 is 2.30 bits per heavy atom. The molecule has 0 radical (unpaired) electrons. The van der Waals surface area contributed by atoms with Crippen molar-refractivity contribution in [2.24, 2.45) is 0 Å². The second kappa shape index (κ2) is 11.7. The summed E-state index contributed by atoms with van der Waals surface area (Å²) in [5.41, 5.74) is 4.90. The predicted octanol–water partition coefficient (Wildman–Crippen LogP) is 3.17. The Hall–Kier alpha value is -4.51. The van der Waals surface area contributed by atoms with Crippen molar-refractivity contribution < 1.29 is 28.7 Å². The van der Waals surface area contributed by atoms with Crippen LogP contribution in [-0.2, 0) is 54.8 Å². The van der Waals surface area contributed by atoms with Gasteiger partial charge >= 0.3 is 11.9 Å². The molecule has 2 aromatic heterocycles. The highest BCUT2D eigenvalue weighted by Crippen LogP contribution is 2.25. The van der Waals surface area contributed by atoms with E-state index in [1.54, 1.807) is 6.33 Å². The molecule has 2 atom stereocenters. The van der Waals surface area contributed by atoms with E-state index in [0.717, 1.165) is 46.4 Å². The summed E-state index contributed by atoms with van der Waals surface area (Å²) < 4.78 is 12.6. The van der Waals surface area contributed by atoms with Crippen LogP contribution in [0.3, 0.4) is 0 Å². The summed E-state index contributed by atoms with van der Waals surface area (Å²) in [5.74, 6) is -2.89. The highest BCUT2D eigenvalue weighted by Gasteiger charge is 2.42. The molecule has 0 bridgehead atoms. The van der Waals surface area contributed by atoms with Crippen molar-refractivity contribution in [2.75, 3.05) is 0 Å². The predicted molar refractivity (Wildman–Crippen MR) is 147 cm³/mol. The van der Waals surface area contributed by atoms with Crippen molar-refractivity contribution in [3.05, 3.63) is 87.9 Å². The van der Waals surface area contributed by atoms with Crippen LogP contribution in [0.1, 0.15) is 35.4 Å². The molecule has 1 aliphatic heterocycles. The third kappa shape index (κ3) is 6.04. The number of para-hydroxylation sites is 2. The number of hydrogen-bond donors (Lipinski definition) is 1. The summed E-state index contributed by atoms with van der Waals surface area (Å²) in [6.45, 7) is 3.62.